The summed E-state index contributed by atoms with van der Waals surface area (Å²) in [5, 5.41) is 10.9. The van der Waals surface area contributed by atoms with Crippen LogP contribution in [0, 0.1) is 0 Å². The van der Waals surface area contributed by atoms with E-state index in [1.165, 1.54) is 42.9 Å². The van der Waals surface area contributed by atoms with Crippen LogP contribution in [0.4, 0.5) is 0 Å². The number of fused-ring (bicyclic) bond motifs is 2. The molecule has 0 saturated carbocycles. The van der Waals surface area contributed by atoms with Gasteiger partial charge >= 0.3 is 0 Å². The number of aromatic nitrogens is 1. The van der Waals surface area contributed by atoms with Crippen molar-refractivity contribution in [3.8, 4) is 27.8 Å². The number of thiazole rings is 1. The van der Waals surface area contributed by atoms with Crippen LogP contribution in [0.1, 0.15) is 17.5 Å². The topological polar surface area (TPSA) is 51.6 Å². The second-order valence-corrected chi connectivity index (χ2v) is 6.72. The van der Waals surface area contributed by atoms with Gasteiger partial charge in [0.2, 0.25) is 5.75 Å². The van der Waals surface area contributed by atoms with Crippen LogP contribution >= 0.6 is 11.3 Å². The lowest BCUT2D eigenvalue weighted by atomic mass is 10.1. The van der Waals surface area contributed by atoms with E-state index >= 15 is 0 Å². The van der Waals surface area contributed by atoms with Crippen molar-refractivity contribution < 1.29 is 14.6 Å². The third-order valence-corrected chi connectivity index (χ3v) is 5.40. The second kappa shape index (κ2) is 5.42. The first-order chi connectivity index (χ1) is 11.2. The highest BCUT2D eigenvalue weighted by molar-refractivity contribution is 7.21. The van der Waals surface area contributed by atoms with Crippen LogP contribution in [-0.2, 0) is 12.8 Å². The number of hydrogen-bond acceptors (Lipinski definition) is 5. The fourth-order valence-corrected chi connectivity index (χ4v) is 4.13. The Kier molecular flexibility index (Phi) is 3.38. The molecule has 3 aromatic rings. The molecule has 1 aromatic heterocycles. The van der Waals surface area contributed by atoms with Gasteiger partial charge < -0.3 is 14.6 Å². The van der Waals surface area contributed by atoms with Gasteiger partial charge in [0.25, 0.3) is 0 Å². The van der Waals surface area contributed by atoms with E-state index in [0.29, 0.717) is 11.5 Å². The zero-order valence-electron chi connectivity index (χ0n) is 13.0. The monoisotopic (exact) mass is 327 g/mol. The van der Waals surface area contributed by atoms with Crippen molar-refractivity contribution in [2.24, 2.45) is 0 Å². The number of ether oxygens (including phenoxy) is 2. The highest BCUT2D eigenvalue weighted by Gasteiger charge is 2.17. The molecule has 0 atom stereocenters. The smallest absolute Gasteiger partial charge is 0.200 e. The third-order valence-electron chi connectivity index (χ3n) is 4.33. The van der Waals surface area contributed by atoms with E-state index in [-0.39, 0.29) is 5.75 Å². The second-order valence-electron chi connectivity index (χ2n) is 5.69. The lowest BCUT2D eigenvalue weighted by Crippen LogP contribution is -1.90. The van der Waals surface area contributed by atoms with Gasteiger partial charge in [0.15, 0.2) is 11.5 Å². The van der Waals surface area contributed by atoms with Crippen molar-refractivity contribution in [2.45, 2.75) is 19.3 Å². The molecule has 0 fully saturated rings. The maximum Gasteiger partial charge on any atom is 0.200 e. The van der Waals surface area contributed by atoms with Crippen molar-refractivity contribution >= 4 is 21.6 Å². The molecule has 0 saturated heterocycles. The molecule has 23 heavy (non-hydrogen) atoms. The largest absolute Gasteiger partial charge is 0.502 e. The number of aromatic hydroxyl groups is 1. The van der Waals surface area contributed by atoms with Crippen LogP contribution in [-0.4, -0.2) is 24.3 Å². The lowest BCUT2D eigenvalue weighted by Gasteiger charge is -2.09. The number of methoxy groups -OCH3 is 2. The molecule has 1 aliphatic carbocycles. The number of aryl methyl sites for hydroxylation is 2. The summed E-state index contributed by atoms with van der Waals surface area (Å²) in [7, 11) is 3.06. The molecule has 2 aromatic carbocycles. The van der Waals surface area contributed by atoms with Crippen molar-refractivity contribution in [2.75, 3.05) is 14.2 Å². The highest BCUT2D eigenvalue weighted by atomic mass is 32.1. The van der Waals surface area contributed by atoms with E-state index < -0.39 is 0 Å². The van der Waals surface area contributed by atoms with Gasteiger partial charge in [0, 0.05) is 5.56 Å². The minimum atomic E-state index is 0.0128. The summed E-state index contributed by atoms with van der Waals surface area (Å²) in [6, 6.07) is 8.08. The highest BCUT2D eigenvalue weighted by Crippen LogP contribution is 2.42. The molecule has 1 N–H and O–H groups in total. The van der Waals surface area contributed by atoms with Crippen molar-refractivity contribution in [3.63, 3.8) is 0 Å². The van der Waals surface area contributed by atoms with E-state index in [0.717, 1.165) is 22.5 Å². The van der Waals surface area contributed by atoms with Gasteiger partial charge in [0.1, 0.15) is 5.01 Å². The quantitative estimate of drug-likeness (QED) is 0.784. The molecule has 5 heteroatoms. The summed E-state index contributed by atoms with van der Waals surface area (Å²) in [6.45, 7) is 0. The first-order valence-corrected chi connectivity index (χ1v) is 8.39. The molecule has 4 rings (SSSR count). The van der Waals surface area contributed by atoms with Crippen molar-refractivity contribution in [3.05, 3.63) is 35.4 Å². The number of benzene rings is 2. The van der Waals surface area contributed by atoms with Crippen molar-refractivity contribution in [1.29, 1.82) is 0 Å². The van der Waals surface area contributed by atoms with Crippen LogP contribution in [0.2, 0.25) is 0 Å². The first kappa shape index (κ1) is 14.3. The molecular formula is C18H17NO3S. The molecule has 0 unspecified atom stereocenters. The van der Waals surface area contributed by atoms with Crippen LogP contribution in [0.25, 0.3) is 20.8 Å². The number of phenolic OH excluding ortho intramolecular Hbond substituents is 1. The molecule has 0 amide bonds. The molecule has 0 bridgehead atoms. The summed E-state index contributed by atoms with van der Waals surface area (Å²) < 4.78 is 11.7. The van der Waals surface area contributed by atoms with E-state index in [4.69, 9.17) is 14.5 Å². The Morgan fingerprint density at radius 2 is 1.65 bits per heavy atom. The predicted molar refractivity (Wildman–Crippen MR) is 91.8 cm³/mol. The molecule has 0 spiro atoms. The summed E-state index contributed by atoms with van der Waals surface area (Å²) >= 11 is 1.66. The predicted octanol–water partition coefficient (Wildman–Crippen LogP) is 4.17. The van der Waals surface area contributed by atoms with Gasteiger partial charge in [-0.1, -0.05) is 0 Å². The molecule has 0 aliphatic heterocycles. The summed E-state index contributed by atoms with van der Waals surface area (Å²) in [5.74, 6) is 0.793. The Labute approximate surface area is 138 Å². The van der Waals surface area contributed by atoms with Crippen molar-refractivity contribution in [1.82, 2.24) is 4.98 Å². The van der Waals surface area contributed by atoms with Crippen LogP contribution in [0.15, 0.2) is 24.3 Å². The third kappa shape index (κ3) is 2.32. The zero-order chi connectivity index (χ0) is 16.0. The maximum atomic E-state index is 10.0. The van der Waals surface area contributed by atoms with E-state index in [1.807, 2.05) is 0 Å². The van der Waals surface area contributed by atoms with Crippen LogP contribution < -0.4 is 9.47 Å². The average Bonchev–Trinajstić information content (AvgIpc) is 3.18. The van der Waals surface area contributed by atoms with Crippen LogP contribution in [0.5, 0.6) is 17.2 Å². The Morgan fingerprint density at radius 3 is 2.30 bits per heavy atom. The Hall–Kier alpha value is -2.27. The minimum absolute atomic E-state index is 0.0128. The van der Waals surface area contributed by atoms with Gasteiger partial charge in [-0.25, -0.2) is 4.98 Å². The number of hydrogen-bond donors (Lipinski definition) is 1. The number of phenols is 1. The molecule has 4 nitrogen and oxygen atoms in total. The van der Waals surface area contributed by atoms with Crippen LogP contribution in [0.3, 0.4) is 0 Å². The summed E-state index contributed by atoms with van der Waals surface area (Å²) in [5.41, 5.74) is 4.80. The maximum absolute atomic E-state index is 10.0. The molecule has 1 heterocycles. The van der Waals surface area contributed by atoms with Gasteiger partial charge in [0.05, 0.1) is 24.4 Å². The minimum Gasteiger partial charge on any atom is -0.502 e. The molecule has 118 valence electrons. The Morgan fingerprint density at radius 1 is 1.00 bits per heavy atom. The molecule has 1 aliphatic rings. The fraction of sp³-hybridized carbons (Fsp3) is 0.278. The number of rotatable bonds is 3. The molecule has 0 radical (unpaired) electrons. The Balaban J connectivity index is 1.86. The van der Waals surface area contributed by atoms with Gasteiger partial charge in [-0.05, 0) is 54.7 Å². The Bertz CT molecular complexity index is 835. The lowest BCUT2D eigenvalue weighted by molar-refractivity contribution is 0.340. The summed E-state index contributed by atoms with van der Waals surface area (Å²) in [6.07, 6.45) is 3.56. The molecular weight excluding hydrogens is 310 g/mol. The van der Waals surface area contributed by atoms with E-state index in [1.54, 1.807) is 23.5 Å². The number of nitrogens with zero attached hydrogens (tertiary/aromatic N) is 1. The fourth-order valence-electron chi connectivity index (χ4n) is 3.13. The van der Waals surface area contributed by atoms with Gasteiger partial charge in [-0.2, -0.15) is 0 Å². The summed E-state index contributed by atoms with van der Waals surface area (Å²) in [4.78, 5) is 4.77. The zero-order valence-corrected chi connectivity index (χ0v) is 13.9. The standard InChI is InChI=1S/C18H17NO3S/c1-21-14-7-12(8-15(22-2)17(14)20)18-19-13-6-10-4-3-5-11(10)9-16(13)23-18/h6-9,20H,3-5H2,1-2H3. The normalized spacial score (nSPS) is 13.3. The average molecular weight is 327 g/mol. The van der Waals surface area contributed by atoms with Gasteiger partial charge in [-0.3, -0.25) is 0 Å². The first-order valence-electron chi connectivity index (χ1n) is 7.57. The SMILES string of the molecule is COc1cc(-c2nc3cc4c(cc3s2)CCC4)cc(OC)c1O. The van der Waals surface area contributed by atoms with Gasteiger partial charge in [-0.15, -0.1) is 11.3 Å². The van der Waals surface area contributed by atoms with E-state index in [2.05, 4.69) is 12.1 Å². The van der Waals surface area contributed by atoms with E-state index in [9.17, 15) is 5.11 Å².